The Kier molecular flexibility index (Phi) is 7.37. The van der Waals surface area contributed by atoms with Crippen molar-refractivity contribution in [1.29, 1.82) is 0 Å². The van der Waals surface area contributed by atoms with Gasteiger partial charge in [-0.1, -0.05) is 6.92 Å². The van der Waals surface area contributed by atoms with E-state index in [0.29, 0.717) is 23.4 Å². The summed E-state index contributed by atoms with van der Waals surface area (Å²) in [6, 6.07) is 13.8. The number of hydrogen-bond acceptors (Lipinski definition) is 4. The maximum atomic E-state index is 12.0. The molecular formula is C20H24N4O3. The highest BCUT2D eigenvalue weighted by Crippen LogP contribution is 2.14. The molecule has 3 amide bonds. The third kappa shape index (κ3) is 6.47. The molecule has 0 saturated carbocycles. The molecule has 2 aromatic carbocycles. The van der Waals surface area contributed by atoms with Gasteiger partial charge >= 0.3 is 0 Å². The topological polar surface area (TPSA) is 99.3 Å². The number of hydrogen-bond donors (Lipinski definition) is 4. The van der Waals surface area contributed by atoms with Crippen molar-refractivity contribution < 1.29 is 14.4 Å². The van der Waals surface area contributed by atoms with E-state index >= 15 is 0 Å². The molecule has 27 heavy (non-hydrogen) atoms. The lowest BCUT2D eigenvalue weighted by molar-refractivity contribution is -0.116. The normalized spacial score (nSPS) is 10.0. The number of carbonyl (C=O) groups is 3. The lowest BCUT2D eigenvalue weighted by atomic mass is 10.2. The predicted molar refractivity (Wildman–Crippen MR) is 107 cm³/mol. The zero-order valence-corrected chi connectivity index (χ0v) is 15.5. The predicted octanol–water partition coefficient (Wildman–Crippen LogP) is 2.84. The molecule has 0 fully saturated rings. The molecule has 0 atom stereocenters. The minimum Gasteiger partial charge on any atom is -0.376 e. The molecule has 2 rings (SSSR count). The van der Waals surface area contributed by atoms with Crippen LogP contribution in [0.5, 0.6) is 0 Å². The van der Waals surface area contributed by atoms with Crippen LogP contribution in [0, 0.1) is 0 Å². The van der Waals surface area contributed by atoms with Crippen LogP contribution in [0.15, 0.2) is 48.5 Å². The first-order valence-corrected chi connectivity index (χ1v) is 8.77. The molecule has 7 nitrogen and oxygen atoms in total. The average molecular weight is 368 g/mol. The molecule has 0 heterocycles. The zero-order chi connectivity index (χ0) is 19.6. The molecule has 0 unspecified atom stereocenters. The van der Waals surface area contributed by atoms with Crippen LogP contribution in [0.4, 0.5) is 17.1 Å². The van der Waals surface area contributed by atoms with Crippen molar-refractivity contribution in [3.63, 3.8) is 0 Å². The third-order valence-corrected chi connectivity index (χ3v) is 3.76. The van der Waals surface area contributed by atoms with Gasteiger partial charge in [0.2, 0.25) is 11.8 Å². The number of carbonyl (C=O) groups excluding carboxylic acids is 3. The standard InChI is InChI=1S/C20H24N4O3/c1-3-4-18(25)23-16-9-11-17(12-10-16)24-19(26)13-22-15-7-5-14(6-8-15)20(27)21-2/h5-12,22H,3-4,13H2,1-2H3,(H,21,27)(H,23,25)(H,24,26). The molecule has 142 valence electrons. The highest BCUT2D eigenvalue weighted by Gasteiger charge is 2.05. The van der Waals surface area contributed by atoms with Crippen LogP contribution in [0.3, 0.4) is 0 Å². The molecule has 0 bridgehead atoms. The van der Waals surface area contributed by atoms with Gasteiger partial charge in [-0.2, -0.15) is 0 Å². The second-order valence-electron chi connectivity index (χ2n) is 5.93. The van der Waals surface area contributed by atoms with Crippen molar-refractivity contribution in [2.24, 2.45) is 0 Å². The Labute approximate surface area is 158 Å². The van der Waals surface area contributed by atoms with E-state index in [1.807, 2.05) is 6.92 Å². The van der Waals surface area contributed by atoms with Crippen molar-refractivity contribution in [1.82, 2.24) is 5.32 Å². The molecule has 0 aromatic heterocycles. The Bertz CT molecular complexity index is 786. The van der Waals surface area contributed by atoms with Gasteiger partial charge in [0.1, 0.15) is 0 Å². The van der Waals surface area contributed by atoms with Crippen molar-refractivity contribution >= 4 is 34.8 Å². The van der Waals surface area contributed by atoms with E-state index in [1.54, 1.807) is 55.6 Å². The molecule has 0 radical (unpaired) electrons. The summed E-state index contributed by atoms with van der Waals surface area (Å²) < 4.78 is 0. The van der Waals surface area contributed by atoms with Gasteiger partial charge < -0.3 is 21.3 Å². The first kappa shape index (κ1) is 20.0. The fraction of sp³-hybridized carbons (Fsp3) is 0.250. The van der Waals surface area contributed by atoms with Gasteiger partial charge in [-0.25, -0.2) is 0 Å². The molecule has 0 aliphatic rings. The van der Waals surface area contributed by atoms with Gasteiger partial charge in [-0.3, -0.25) is 14.4 Å². The first-order valence-electron chi connectivity index (χ1n) is 8.77. The summed E-state index contributed by atoms with van der Waals surface area (Å²) in [5.74, 6) is -0.386. The van der Waals surface area contributed by atoms with E-state index in [2.05, 4.69) is 21.3 Å². The largest absolute Gasteiger partial charge is 0.376 e. The number of anilines is 3. The molecular weight excluding hydrogens is 344 g/mol. The Morgan fingerprint density at radius 1 is 0.778 bits per heavy atom. The molecule has 7 heteroatoms. The Morgan fingerprint density at radius 3 is 1.81 bits per heavy atom. The van der Waals surface area contributed by atoms with Crippen LogP contribution < -0.4 is 21.3 Å². The second kappa shape index (κ2) is 9.96. The Balaban J connectivity index is 1.81. The molecule has 0 spiro atoms. The summed E-state index contributed by atoms with van der Waals surface area (Å²) in [6.07, 6.45) is 1.27. The lowest BCUT2D eigenvalue weighted by Crippen LogP contribution is -2.22. The van der Waals surface area contributed by atoms with Crippen LogP contribution in [0.1, 0.15) is 30.1 Å². The molecule has 4 N–H and O–H groups in total. The average Bonchev–Trinajstić information content (AvgIpc) is 2.68. The van der Waals surface area contributed by atoms with Crippen molar-refractivity contribution in [3.05, 3.63) is 54.1 Å². The van der Waals surface area contributed by atoms with Crippen molar-refractivity contribution in [2.75, 3.05) is 29.5 Å². The van der Waals surface area contributed by atoms with Crippen molar-refractivity contribution in [2.45, 2.75) is 19.8 Å². The van der Waals surface area contributed by atoms with E-state index in [0.717, 1.165) is 12.1 Å². The monoisotopic (exact) mass is 368 g/mol. The van der Waals surface area contributed by atoms with E-state index in [4.69, 9.17) is 0 Å². The van der Waals surface area contributed by atoms with E-state index < -0.39 is 0 Å². The van der Waals surface area contributed by atoms with Gasteiger partial charge in [-0.05, 0) is 55.0 Å². The number of rotatable bonds is 8. The summed E-state index contributed by atoms with van der Waals surface area (Å²) in [5.41, 5.74) is 2.64. The summed E-state index contributed by atoms with van der Waals surface area (Å²) in [5, 5.41) is 11.1. The van der Waals surface area contributed by atoms with Crippen LogP contribution >= 0.6 is 0 Å². The molecule has 2 aromatic rings. The number of amides is 3. The van der Waals surface area contributed by atoms with Gasteiger partial charge in [0.05, 0.1) is 6.54 Å². The fourth-order valence-corrected chi connectivity index (χ4v) is 2.36. The van der Waals surface area contributed by atoms with E-state index in [-0.39, 0.29) is 24.3 Å². The lowest BCUT2D eigenvalue weighted by Gasteiger charge is -2.09. The summed E-state index contributed by atoms with van der Waals surface area (Å²) in [6.45, 7) is 2.04. The van der Waals surface area contributed by atoms with Crippen LogP contribution in [0.2, 0.25) is 0 Å². The minimum atomic E-state index is -0.201. The Morgan fingerprint density at radius 2 is 1.30 bits per heavy atom. The van der Waals surface area contributed by atoms with Gasteiger partial charge in [0.15, 0.2) is 0 Å². The summed E-state index contributed by atoms with van der Waals surface area (Å²) >= 11 is 0. The zero-order valence-electron chi connectivity index (χ0n) is 15.5. The summed E-state index contributed by atoms with van der Waals surface area (Å²) in [7, 11) is 1.57. The second-order valence-corrected chi connectivity index (χ2v) is 5.93. The molecule has 0 aliphatic carbocycles. The van der Waals surface area contributed by atoms with E-state index in [9.17, 15) is 14.4 Å². The maximum absolute atomic E-state index is 12.0. The van der Waals surface area contributed by atoms with Crippen LogP contribution in [0.25, 0.3) is 0 Å². The minimum absolute atomic E-state index is 0.0269. The van der Waals surface area contributed by atoms with E-state index in [1.165, 1.54) is 0 Å². The number of benzene rings is 2. The smallest absolute Gasteiger partial charge is 0.251 e. The number of nitrogens with one attached hydrogen (secondary N) is 4. The molecule has 0 aliphatic heterocycles. The first-order chi connectivity index (χ1) is 13.0. The van der Waals surface area contributed by atoms with Crippen LogP contribution in [-0.2, 0) is 9.59 Å². The SMILES string of the molecule is CCCC(=O)Nc1ccc(NC(=O)CNc2ccc(C(=O)NC)cc2)cc1. The third-order valence-electron chi connectivity index (χ3n) is 3.76. The fourth-order valence-electron chi connectivity index (χ4n) is 2.36. The highest BCUT2D eigenvalue weighted by atomic mass is 16.2. The summed E-state index contributed by atoms with van der Waals surface area (Å²) in [4.78, 5) is 35.1. The van der Waals surface area contributed by atoms with Gasteiger partial charge in [0, 0.05) is 36.1 Å². The molecule has 0 saturated heterocycles. The van der Waals surface area contributed by atoms with Crippen molar-refractivity contribution in [3.8, 4) is 0 Å². The highest BCUT2D eigenvalue weighted by molar-refractivity contribution is 5.95. The quantitative estimate of drug-likeness (QED) is 0.576. The van der Waals surface area contributed by atoms with Gasteiger partial charge in [0.25, 0.3) is 5.91 Å². The van der Waals surface area contributed by atoms with Crippen LogP contribution in [-0.4, -0.2) is 31.3 Å². The maximum Gasteiger partial charge on any atom is 0.251 e. The van der Waals surface area contributed by atoms with Gasteiger partial charge in [-0.15, -0.1) is 0 Å². The Hall–Kier alpha value is -3.35.